The van der Waals surface area contributed by atoms with Gasteiger partial charge in [0.25, 0.3) is 0 Å². The molecule has 0 bridgehead atoms. The SMILES string of the molecule is Cc1ccc2ccc3c(c2c1)CC1CCC2C(CCC4(C)C(C(C)CCCC(C)C)CCC24)C1(C)C3. The van der Waals surface area contributed by atoms with Gasteiger partial charge in [-0.1, -0.05) is 89.8 Å². The van der Waals surface area contributed by atoms with Crippen LogP contribution in [0.2, 0.25) is 0 Å². The predicted octanol–water partition coefficient (Wildman–Crippen LogP) is 10.2. The molecule has 0 heteroatoms. The fourth-order valence-electron chi connectivity index (χ4n) is 10.8. The Bertz CT molecular complexity index is 1110. The summed E-state index contributed by atoms with van der Waals surface area (Å²) in [7, 11) is 0. The summed E-state index contributed by atoms with van der Waals surface area (Å²) in [5, 5.41) is 3.00. The number of benzene rings is 2. The second-order valence-corrected chi connectivity index (χ2v) is 15.0. The first-order chi connectivity index (χ1) is 17.2. The second kappa shape index (κ2) is 9.17. The fourth-order valence-corrected chi connectivity index (χ4v) is 10.8. The van der Waals surface area contributed by atoms with Crippen molar-refractivity contribution >= 4 is 10.8 Å². The van der Waals surface area contributed by atoms with Gasteiger partial charge in [0, 0.05) is 0 Å². The van der Waals surface area contributed by atoms with Crippen LogP contribution in [0.1, 0.15) is 109 Å². The highest BCUT2D eigenvalue weighted by Crippen LogP contribution is 2.68. The van der Waals surface area contributed by atoms with Crippen LogP contribution in [0.3, 0.4) is 0 Å². The summed E-state index contributed by atoms with van der Waals surface area (Å²) < 4.78 is 0. The van der Waals surface area contributed by atoms with Gasteiger partial charge in [-0.2, -0.15) is 0 Å². The molecule has 0 heterocycles. The summed E-state index contributed by atoms with van der Waals surface area (Å²) in [4.78, 5) is 0. The Hall–Kier alpha value is -1.30. The van der Waals surface area contributed by atoms with Gasteiger partial charge in [0.1, 0.15) is 0 Å². The molecule has 0 aliphatic heterocycles. The Morgan fingerprint density at radius 2 is 1.64 bits per heavy atom. The van der Waals surface area contributed by atoms with E-state index in [1.54, 1.807) is 16.5 Å². The molecule has 0 nitrogen and oxygen atoms in total. The first-order valence-electron chi connectivity index (χ1n) is 15.7. The van der Waals surface area contributed by atoms with Crippen LogP contribution in [-0.4, -0.2) is 0 Å². The van der Waals surface area contributed by atoms with E-state index in [4.69, 9.17) is 0 Å². The molecule has 0 radical (unpaired) electrons. The van der Waals surface area contributed by atoms with Crippen molar-refractivity contribution in [3.8, 4) is 0 Å². The summed E-state index contributed by atoms with van der Waals surface area (Å²) in [6.07, 6.45) is 16.0. The highest BCUT2D eigenvalue weighted by atomic mass is 14.6. The Labute approximate surface area is 222 Å². The van der Waals surface area contributed by atoms with Crippen molar-refractivity contribution in [1.29, 1.82) is 0 Å². The molecule has 6 rings (SSSR count). The maximum Gasteiger partial charge on any atom is -0.0146 e. The first-order valence-corrected chi connectivity index (χ1v) is 15.7. The molecule has 196 valence electrons. The van der Waals surface area contributed by atoms with Crippen LogP contribution in [0, 0.1) is 59.2 Å². The molecule has 3 fully saturated rings. The smallest absolute Gasteiger partial charge is 0.0146 e. The maximum atomic E-state index is 2.75. The fraction of sp³-hybridized carbons (Fsp3) is 0.722. The monoisotopic (exact) mass is 484 g/mol. The molecule has 3 saturated carbocycles. The van der Waals surface area contributed by atoms with Crippen LogP contribution in [0.4, 0.5) is 0 Å². The van der Waals surface area contributed by atoms with Gasteiger partial charge in [0.2, 0.25) is 0 Å². The van der Waals surface area contributed by atoms with Crippen LogP contribution >= 0.6 is 0 Å². The van der Waals surface area contributed by atoms with Gasteiger partial charge < -0.3 is 0 Å². The Morgan fingerprint density at radius 1 is 0.861 bits per heavy atom. The quantitative estimate of drug-likeness (QED) is 0.396. The summed E-state index contributed by atoms with van der Waals surface area (Å²) in [5.74, 6) is 6.57. The molecule has 2 aromatic rings. The minimum absolute atomic E-state index is 0.510. The zero-order valence-electron chi connectivity index (χ0n) is 24.2. The first kappa shape index (κ1) is 25.0. The van der Waals surface area contributed by atoms with Crippen molar-refractivity contribution in [3.05, 3.63) is 47.0 Å². The molecule has 2 aromatic carbocycles. The molecule has 0 spiro atoms. The van der Waals surface area contributed by atoms with E-state index < -0.39 is 0 Å². The lowest BCUT2D eigenvalue weighted by molar-refractivity contribution is -0.103. The van der Waals surface area contributed by atoms with E-state index in [2.05, 4.69) is 71.9 Å². The van der Waals surface area contributed by atoms with Crippen molar-refractivity contribution in [1.82, 2.24) is 0 Å². The number of fused-ring (bicyclic) bond motifs is 8. The summed E-state index contributed by atoms with van der Waals surface area (Å²) in [6, 6.07) is 12.0. The zero-order valence-corrected chi connectivity index (χ0v) is 24.2. The van der Waals surface area contributed by atoms with E-state index >= 15 is 0 Å². The Kier molecular flexibility index (Phi) is 6.37. The van der Waals surface area contributed by atoms with Crippen LogP contribution in [0.25, 0.3) is 10.8 Å². The third-order valence-electron chi connectivity index (χ3n) is 12.7. The highest BCUT2D eigenvalue weighted by Gasteiger charge is 2.60. The summed E-state index contributed by atoms with van der Waals surface area (Å²) >= 11 is 0. The van der Waals surface area contributed by atoms with E-state index in [0.29, 0.717) is 10.8 Å². The Balaban J connectivity index is 1.24. The third kappa shape index (κ3) is 3.91. The minimum atomic E-state index is 0.510. The van der Waals surface area contributed by atoms with Crippen LogP contribution in [0.5, 0.6) is 0 Å². The average Bonchev–Trinajstić information content (AvgIpc) is 3.19. The summed E-state index contributed by atoms with van der Waals surface area (Å²) in [6.45, 7) is 15.2. The number of rotatable bonds is 5. The van der Waals surface area contributed by atoms with E-state index in [0.717, 1.165) is 41.4 Å². The van der Waals surface area contributed by atoms with Gasteiger partial charge in [-0.05, 0) is 132 Å². The van der Waals surface area contributed by atoms with Gasteiger partial charge in [-0.15, -0.1) is 0 Å². The van der Waals surface area contributed by atoms with Crippen molar-refractivity contribution in [3.63, 3.8) is 0 Å². The molecule has 0 saturated heterocycles. The van der Waals surface area contributed by atoms with Crippen molar-refractivity contribution < 1.29 is 0 Å². The molecular formula is C36H52. The molecule has 8 unspecified atom stereocenters. The molecule has 4 aliphatic rings. The van der Waals surface area contributed by atoms with E-state index in [1.165, 1.54) is 81.6 Å². The Morgan fingerprint density at radius 3 is 2.44 bits per heavy atom. The second-order valence-electron chi connectivity index (χ2n) is 15.0. The van der Waals surface area contributed by atoms with Crippen molar-refractivity contribution in [2.75, 3.05) is 0 Å². The average molecular weight is 485 g/mol. The molecule has 0 N–H and O–H groups in total. The molecule has 4 aliphatic carbocycles. The van der Waals surface area contributed by atoms with Gasteiger partial charge in [-0.25, -0.2) is 0 Å². The predicted molar refractivity (Wildman–Crippen MR) is 155 cm³/mol. The van der Waals surface area contributed by atoms with Crippen LogP contribution < -0.4 is 0 Å². The van der Waals surface area contributed by atoms with Crippen LogP contribution in [0.15, 0.2) is 30.3 Å². The van der Waals surface area contributed by atoms with E-state index in [1.807, 2.05) is 0 Å². The third-order valence-corrected chi connectivity index (χ3v) is 12.7. The van der Waals surface area contributed by atoms with E-state index in [-0.39, 0.29) is 0 Å². The number of aryl methyl sites for hydroxylation is 1. The number of hydrogen-bond acceptors (Lipinski definition) is 0. The topological polar surface area (TPSA) is 0 Å². The maximum absolute atomic E-state index is 2.75. The summed E-state index contributed by atoms with van der Waals surface area (Å²) in [5.41, 5.74) is 5.92. The standard InChI is InChI=1S/C36H52/c1-23(2)8-7-9-25(4)32-16-17-33-29-15-14-28-21-31-27(13-12-26-11-10-24(3)20-30(26)31)22-36(28,6)34(29)18-19-35(32,33)5/h10-13,20,23,25,28-29,32-34H,7-9,14-19,21-22H2,1-6H3. The lowest BCUT2D eigenvalue weighted by atomic mass is 9.44. The normalized spacial score (nSPS) is 38.4. The van der Waals surface area contributed by atoms with Crippen molar-refractivity contribution in [2.24, 2.45) is 52.3 Å². The molecule has 0 aromatic heterocycles. The lowest BCUT2D eigenvalue weighted by Gasteiger charge is -2.61. The zero-order chi connectivity index (χ0) is 25.2. The lowest BCUT2D eigenvalue weighted by Crippen LogP contribution is -2.54. The van der Waals surface area contributed by atoms with E-state index in [9.17, 15) is 0 Å². The highest BCUT2D eigenvalue weighted by molar-refractivity contribution is 5.87. The molecule has 36 heavy (non-hydrogen) atoms. The minimum Gasteiger partial charge on any atom is -0.0628 e. The van der Waals surface area contributed by atoms with Gasteiger partial charge in [0.05, 0.1) is 0 Å². The van der Waals surface area contributed by atoms with Gasteiger partial charge in [0.15, 0.2) is 0 Å². The van der Waals surface area contributed by atoms with Crippen LogP contribution in [-0.2, 0) is 12.8 Å². The molecule has 0 amide bonds. The largest absolute Gasteiger partial charge is 0.0628 e. The molecular weight excluding hydrogens is 432 g/mol. The van der Waals surface area contributed by atoms with Gasteiger partial charge in [-0.3, -0.25) is 0 Å². The molecule has 8 atom stereocenters. The van der Waals surface area contributed by atoms with Crippen molar-refractivity contribution in [2.45, 2.75) is 112 Å². The van der Waals surface area contributed by atoms with Gasteiger partial charge >= 0.3 is 0 Å². The number of hydrogen-bond donors (Lipinski definition) is 0.